The second-order valence-electron chi connectivity index (χ2n) is 23.6. The zero-order valence-corrected chi connectivity index (χ0v) is 52.4. The van der Waals surface area contributed by atoms with Gasteiger partial charge in [0.25, 0.3) is 0 Å². The Balaban J connectivity index is 3.40. The number of aliphatic hydroxyl groups excluding tert-OH is 1. The smallest absolute Gasteiger partial charge is 0.306 e. The molecule has 0 radical (unpaired) electrons. The fraction of sp³-hybridized carbons (Fsp3) is 0.836. The maximum atomic E-state index is 12.4. The number of unbranched alkanes of at least 4 members (excludes halogenated alkanes) is 47. The van der Waals surface area contributed by atoms with Crippen molar-refractivity contribution in [1.82, 2.24) is 0 Å². The van der Waals surface area contributed by atoms with E-state index in [1.807, 2.05) is 0 Å². The number of carbonyl (C=O) groups is 2. The summed E-state index contributed by atoms with van der Waals surface area (Å²) in [6, 6.07) is 0. The first-order chi connectivity index (χ1) is 38.6. The molecule has 0 fully saturated rings. The predicted octanol–water partition coefficient (Wildman–Crippen LogP) is 24.1. The normalized spacial score (nSPS) is 12.5. The lowest BCUT2D eigenvalue weighted by atomic mass is 10.0. The van der Waals surface area contributed by atoms with Crippen LogP contribution in [-0.2, 0) is 19.1 Å². The molecule has 5 heteroatoms. The number of allylic oxidation sites excluding steroid dienone is 10. The highest BCUT2D eigenvalue weighted by Crippen LogP contribution is 2.19. The highest BCUT2D eigenvalue weighted by molar-refractivity contribution is 5.70. The van der Waals surface area contributed by atoms with Gasteiger partial charge >= 0.3 is 11.9 Å². The Bertz CT molecular complexity index is 1330. The Morgan fingerprint density at radius 1 is 0.308 bits per heavy atom. The Labute approximate surface area is 487 Å². The van der Waals surface area contributed by atoms with Crippen molar-refractivity contribution in [1.29, 1.82) is 0 Å². The van der Waals surface area contributed by atoms with Crippen LogP contribution in [0, 0.1) is 0 Å². The summed E-state index contributed by atoms with van der Waals surface area (Å²) in [5, 5.41) is 9.70. The van der Waals surface area contributed by atoms with Crippen LogP contribution in [0.1, 0.15) is 373 Å². The third-order valence-corrected chi connectivity index (χ3v) is 15.8. The molecule has 5 nitrogen and oxygen atoms in total. The topological polar surface area (TPSA) is 72.8 Å². The van der Waals surface area contributed by atoms with Crippen LogP contribution in [0.2, 0.25) is 0 Å². The summed E-state index contributed by atoms with van der Waals surface area (Å²) in [6.45, 7) is 4.09. The summed E-state index contributed by atoms with van der Waals surface area (Å²) in [5.41, 5.74) is 0. The molecule has 78 heavy (non-hydrogen) atoms. The fourth-order valence-electron chi connectivity index (χ4n) is 10.6. The van der Waals surface area contributed by atoms with Gasteiger partial charge in [0.15, 0.2) is 6.10 Å². The van der Waals surface area contributed by atoms with Crippen molar-refractivity contribution in [2.75, 3.05) is 13.2 Å². The highest BCUT2D eigenvalue weighted by atomic mass is 16.6. The van der Waals surface area contributed by atoms with E-state index in [-0.39, 0.29) is 25.2 Å². The lowest BCUT2D eigenvalue weighted by Crippen LogP contribution is -2.28. The van der Waals surface area contributed by atoms with Crippen molar-refractivity contribution in [3.05, 3.63) is 60.8 Å². The average Bonchev–Trinajstić information content (AvgIpc) is 3.44. The summed E-state index contributed by atoms with van der Waals surface area (Å²) in [6.07, 6.45) is 94.0. The molecule has 0 aromatic rings. The third kappa shape index (κ3) is 66.1. The molecule has 0 bridgehead atoms. The molecule has 1 unspecified atom stereocenters. The minimum absolute atomic E-state index is 0.0602. The van der Waals surface area contributed by atoms with Crippen molar-refractivity contribution in [3.8, 4) is 0 Å². The van der Waals surface area contributed by atoms with E-state index in [2.05, 4.69) is 74.6 Å². The van der Waals surface area contributed by atoms with E-state index in [0.29, 0.717) is 12.8 Å². The van der Waals surface area contributed by atoms with Gasteiger partial charge in [0.05, 0.1) is 6.61 Å². The lowest BCUT2D eigenvalue weighted by molar-refractivity contribution is -0.161. The molecule has 0 aliphatic rings. The van der Waals surface area contributed by atoms with Crippen LogP contribution in [0.5, 0.6) is 0 Å². The van der Waals surface area contributed by atoms with Crippen LogP contribution >= 0.6 is 0 Å². The van der Waals surface area contributed by atoms with Crippen LogP contribution in [0.4, 0.5) is 0 Å². The van der Waals surface area contributed by atoms with Crippen molar-refractivity contribution in [2.45, 2.75) is 380 Å². The third-order valence-electron chi connectivity index (χ3n) is 15.8. The molecule has 0 spiro atoms. The molecule has 1 N–H and O–H groups in total. The van der Waals surface area contributed by atoms with E-state index in [1.165, 1.54) is 283 Å². The van der Waals surface area contributed by atoms with Crippen LogP contribution in [0.3, 0.4) is 0 Å². The van der Waals surface area contributed by atoms with Crippen LogP contribution in [0.15, 0.2) is 60.8 Å². The van der Waals surface area contributed by atoms with Gasteiger partial charge in [-0.3, -0.25) is 9.59 Å². The van der Waals surface area contributed by atoms with E-state index < -0.39 is 6.10 Å². The van der Waals surface area contributed by atoms with Crippen molar-refractivity contribution in [2.24, 2.45) is 0 Å². The molecule has 0 saturated carbocycles. The number of hydrogen-bond donors (Lipinski definition) is 1. The number of ether oxygens (including phenoxy) is 2. The van der Waals surface area contributed by atoms with E-state index in [1.54, 1.807) is 0 Å². The molecule has 0 heterocycles. The molecule has 456 valence electrons. The van der Waals surface area contributed by atoms with Gasteiger partial charge in [0.2, 0.25) is 0 Å². The largest absolute Gasteiger partial charge is 0.462 e. The molecule has 0 aromatic carbocycles. The van der Waals surface area contributed by atoms with E-state index in [4.69, 9.17) is 9.47 Å². The Kier molecular flexibility index (Phi) is 66.8. The zero-order chi connectivity index (χ0) is 56.2. The average molecular weight is 1090 g/mol. The monoisotopic (exact) mass is 1090 g/mol. The van der Waals surface area contributed by atoms with E-state index >= 15 is 0 Å². The molecule has 0 amide bonds. The second-order valence-corrected chi connectivity index (χ2v) is 23.6. The molecular formula is C73H134O5. The van der Waals surface area contributed by atoms with Crippen molar-refractivity contribution in [3.63, 3.8) is 0 Å². The Morgan fingerprint density at radius 3 is 0.833 bits per heavy atom. The SMILES string of the molecule is CC/C=C\C/C=C\C/C=C\C/C=C\C/C=C\CCCCCCCCCCCCCCCCCCCCCC(=O)OC(CO)COC(=O)CCCCCCCCCCCCCCCCCCCCCCCCCCCCCCC. The first-order valence-corrected chi connectivity index (χ1v) is 34.8. The highest BCUT2D eigenvalue weighted by Gasteiger charge is 2.16. The Morgan fingerprint density at radius 2 is 0.551 bits per heavy atom. The van der Waals surface area contributed by atoms with Gasteiger partial charge in [-0.2, -0.15) is 0 Å². The van der Waals surface area contributed by atoms with Crippen LogP contribution < -0.4 is 0 Å². The number of hydrogen-bond acceptors (Lipinski definition) is 5. The van der Waals surface area contributed by atoms with Gasteiger partial charge in [-0.05, 0) is 57.8 Å². The fourth-order valence-corrected chi connectivity index (χ4v) is 10.6. The molecule has 0 aromatic heterocycles. The maximum absolute atomic E-state index is 12.4. The standard InChI is InChI=1S/C73H134O5/c1-3-5-7-9-11-13-15-17-19-21-23-25-27-29-31-33-34-35-36-37-38-40-42-44-46-48-50-52-54-56-58-60-62-64-66-68-73(76)78-71(69-74)70-77-72(75)67-65-63-61-59-57-55-53-51-49-47-45-43-41-39-32-30-28-26-24-22-20-18-16-14-12-10-8-6-4-2/h5,7,11,13,17,19,23,25,29,31,71,74H,3-4,6,8-10,12,14-16,18,20-22,24,26-28,30,32-70H2,1-2H3/b7-5-,13-11-,19-17-,25-23-,31-29-. The molecule has 0 saturated heterocycles. The lowest BCUT2D eigenvalue weighted by Gasteiger charge is -2.15. The summed E-state index contributed by atoms with van der Waals surface area (Å²) >= 11 is 0. The number of aliphatic hydroxyl groups is 1. The molecule has 0 aliphatic carbocycles. The quantitative estimate of drug-likeness (QED) is 0.0373. The van der Waals surface area contributed by atoms with Crippen molar-refractivity contribution >= 4 is 11.9 Å². The maximum Gasteiger partial charge on any atom is 0.306 e. The molecule has 0 aliphatic heterocycles. The number of carbonyl (C=O) groups excluding carboxylic acids is 2. The van der Waals surface area contributed by atoms with E-state index in [0.717, 1.165) is 64.2 Å². The van der Waals surface area contributed by atoms with Gasteiger partial charge in [0, 0.05) is 12.8 Å². The summed E-state index contributed by atoms with van der Waals surface area (Å²) in [4.78, 5) is 24.6. The van der Waals surface area contributed by atoms with Gasteiger partial charge in [-0.15, -0.1) is 0 Å². The van der Waals surface area contributed by atoms with Gasteiger partial charge in [-0.1, -0.05) is 364 Å². The van der Waals surface area contributed by atoms with Gasteiger partial charge in [0.1, 0.15) is 6.61 Å². The van der Waals surface area contributed by atoms with Gasteiger partial charge < -0.3 is 14.6 Å². The minimum Gasteiger partial charge on any atom is -0.462 e. The number of rotatable bonds is 65. The molecule has 1 atom stereocenters. The van der Waals surface area contributed by atoms with Crippen LogP contribution in [0.25, 0.3) is 0 Å². The molecular weight excluding hydrogens is 957 g/mol. The summed E-state index contributed by atoms with van der Waals surface area (Å²) in [7, 11) is 0. The van der Waals surface area contributed by atoms with Gasteiger partial charge in [-0.25, -0.2) is 0 Å². The summed E-state index contributed by atoms with van der Waals surface area (Å²) in [5.74, 6) is -0.568. The predicted molar refractivity (Wildman–Crippen MR) is 344 cm³/mol. The first kappa shape index (κ1) is 75.6. The van der Waals surface area contributed by atoms with Crippen molar-refractivity contribution < 1.29 is 24.2 Å². The summed E-state index contributed by atoms with van der Waals surface area (Å²) < 4.78 is 10.8. The first-order valence-electron chi connectivity index (χ1n) is 34.8. The minimum atomic E-state index is -0.771. The second kappa shape index (κ2) is 68.9. The van der Waals surface area contributed by atoms with E-state index in [9.17, 15) is 14.7 Å². The zero-order valence-electron chi connectivity index (χ0n) is 52.4. The van der Waals surface area contributed by atoms with Crippen LogP contribution in [-0.4, -0.2) is 36.4 Å². The number of esters is 2. The Hall–Kier alpha value is -2.40. The molecule has 0 rings (SSSR count).